The molecule has 0 spiro atoms. The molecule has 0 radical (unpaired) electrons. The Morgan fingerprint density at radius 2 is 2.33 bits per heavy atom. The summed E-state index contributed by atoms with van der Waals surface area (Å²) in [5, 5.41) is 0.665. The predicted octanol–water partition coefficient (Wildman–Crippen LogP) is 3.08. The summed E-state index contributed by atoms with van der Waals surface area (Å²) in [5.74, 6) is -0.0834. The summed E-state index contributed by atoms with van der Waals surface area (Å²) < 4.78 is 0.486. The molecule has 12 heavy (non-hydrogen) atoms. The maximum Gasteiger partial charge on any atom is 0.177 e. The quantitative estimate of drug-likeness (QED) is 0.477. The van der Waals surface area contributed by atoms with Crippen molar-refractivity contribution in [3.05, 3.63) is 27.5 Å². The number of hydrogen-bond donors (Lipinski definition) is 0. The third-order valence-corrected chi connectivity index (χ3v) is 2.68. The van der Waals surface area contributed by atoms with E-state index in [2.05, 4.69) is 36.8 Å². The van der Waals surface area contributed by atoms with Gasteiger partial charge in [0.15, 0.2) is 5.78 Å². The number of pyridine rings is 1. The van der Waals surface area contributed by atoms with Crippen LogP contribution >= 0.6 is 43.5 Å². The minimum absolute atomic E-state index is 0.0834. The van der Waals surface area contributed by atoms with Crippen LogP contribution in [0.25, 0.3) is 0 Å². The van der Waals surface area contributed by atoms with Crippen molar-refractivity contribution in [2.75, 3.05) is 5.33 Å². The van der Waals surface area contributed by atoms with Crippen molar-refractivity contribution in [3.8, 4) is 0 Å². The summed E-state index contributed by atoms with van der Waals surface area (Å²) in [6.07, 6.45) is 1.54. The number of Topliss-reactive ketones (excluding diaryl/α,β-unsaturated/α-hetero) is 1. The van der Waals surface area contributed by atoms with Gasteiger partial charge in [0, 0.05) is 6.20 Å². The molecule has 1 aromatic heterocycles. The first-order valence-electron chi connectivity index (χ1n) is 3.06. The van der Waals surface area contributed by atoms with Gasteiger partial charge >= 0.3 is 0 Å². The fourth-order valence-electron chi connectivity index (χ4n) is 0.730. The van der Waals surface area contributed by atoms with E-state index < -0.39 is 0 Å². The van der Waals surface area contributed by atoms with Crippen molar-refractivity contribution in [2.45, 2.75) is 0 Å². The van der Waals surface area contributed by atoms with Crippen LogP contribution in [0, 0.1) is 0 Å². The molecular formula is C7H4Br2ClNO. The average Bonchev–Trinajstić information content (AvgIpc) is 2.03. The van der Waals surface area contributed by atoms with Gasteiger partial charge in [0.25, 0.3) is 0 Å². The second kappa shape index (κ2) is 4.35. The number of ketones is 1. The molecule has 0 saturated carbocycles. The number of carbonyl (C=O) groups is 1. The van der Waals surface area contributed by atoms with Crippen LogP contribution in [0.4, 0.5) is 0 Å². The van der Waals surface area contributed by atoms with Crippen LogP contribution in [0.1, 0.15) is 10.4 Å². The molecular weight excluding hydrogens is 309 g/mol. The lowest BCUT2D eigenvalue weighted by Crippen LogP contribution is -2.03. The van der Waals surface area contributed by atoms with Gasteiger partial charge < -0.3 is 0 Å². The first-order chi connectivity index (χ1) is 5.66. The number of aromatic nitrogens is 1. The molecule has 0 saturated heterocycles. The summed E-state index contributed by atoms with van der Waals surface area (Å²) in [4.78, 5) is 15.2. The van der Waals surface area contributed by atoms with Crippen LogP contribution in [0.5, 0.6) is 0 Å². The Hall–Kier alpha value is 0.0700. The lowest BCUT2D eigenvalue weighted by Gasteiger charge is -2.01. The maximum absolute atomic E-state index is 11.3. The van der Waals surface area contributed by atoms with E-state index in [0.29, 0.717) is 15.2 Å². The zero-order valence-electron chi connectivity index (χ0n) is 5.85. The predicted molar refractivity (Wildman–Crippen MR) is 55.1 cm³/mol. The Kier molecular flexibility index (Phi) is 3.68. The Bertz CT molecular complexity index is 296. The van der Waals surface area contributed by atoms with E-state index in [1.165, 1.54) is 6.20 Å². The lowest BCUT2D eigenvalue weighted by molar-refractivity contribution is 0.102. The van der Waals surface area contributed by atoms with Gasteiger partial charge in [-0.3, -0.25) is 4.79 Å². The van der Waals surface area contributed by atoms with E-state index in [1.54, 1.807) is 6.07 Å². The molecule has 0 amide bonds. The highest BCUT2D eigenvalue weighted by molar-refractivity contribution is 9.10. The van der Waals surface area contributed by atoms with Crippen LogP contribution in [-0.4, -0.2) is 16.1 Å². The molecule has 1 rings (SSSR count). The molecule has 0 aliphatic carbocycles. The molecule has 0 unspecified atom stereocenters. The fourth-order valence-corrected chi connectivity index (χ4v) is 1.93. The topological polar surface area (TPSA) is 30.0 Å². The Morgan fingerprint density at radius 3 is 2.83 bits per heavy atom. The summed E-state index contributed by atoms with van der Waals surface area (Å²) in [6.45, 7) is 0. The van der Waals surface area contributed by atoms with Gasteiger partial charge in [-0.1, -0.05) is 27.5 Å². The molecule has 5 heteroatoms. The molecule has 0 N–H and O–H groups in total. The fraction of sp³-hybridized carbons (Fsp3) is 0.143. The molecule has 1 heterocycles. The van der Waals surface area contributed by atoms with Gasteiger partial charge in [0.05, 0.1) is 15.9 Å². The minimum atomic E-state index is -0.0834. The van der Waals surface area contributed by atoms with Crippen LogP contribution in [0.2, 0.25) is 5.02 Å². The number of alkyl halides is 1. The molecule has 0 aliphatic heterocycles. The normalized spacial score (nSPS) is 9.92. The van der Waals surface area contributed by atoms with Gasteiger partial charge in [-0.15, -0.1) is 0 Å². The number of nitrogens with zero attached hydrogens (tertiary/aromatic N) is 1. The first kappa shape index (κ1) is 10.2. The third-order valence-electron chi connectivity index (χ3n) is 1.25. The minimum Gasteiger partial charge on any atom is -0.293 e. The van der Waals surface area contributed by atoms with E-state index in [1.807, 2.05) is 0 Å². The highest BCUT2D eigenvalue weighted by Gasteiger charge is 2.13. The largest absolute Gasteiger partial charge is 0.293 e. The van der Waals surface area contributed by atoms with Gasteiger partial charge in [-0.2, -0.15) is 0 Å². The number of hydrogen-bond acceptors (Lipinski definition) is 2. The molecule has 2 nitrogen and oxygen atoms in total. The van der Waals surface area contributed by atoms with Gasteiger partial charge in [-0.05, 0) is 22.0 Å². The molecule has 0 aliphatic rings. The Labute approximate surface area is 91.6 Å². The van der Waals surface area contributed by atoms with Crippen molar-refractivity contribution in [2.24, 2.45) is 0 Å². The molecule has 0 atom stereocenters. The van der Waals surface area contributed by atoms with Crippen LogP contribution < -0.4 is 0 Å². The zero-order chi connectivity index (χ0) is 9.14. The third kappa shape index (κ3) is 2.06. The first-order valence-corrected chi connectivity index (χ1v) is 5.35. The highest BCUT2D eigenvalue weighted by Crippen LogP contribution is 2.23. The summed E-state index contributed by atoms with van der Waals surface area (Å²) in [7, 11) is 0. The van der Waals surface area contributed by atoms with Gasteiger partial charge in [0.2, 0.25) is 0 Å². The number of rotatable bonds is 2. The van der Waals surface area contributed by atoms with E-state index in [4.69, 9.17) is 11.6 Å². The molecule has 1 aromatic rings. The van der Waals surface area contributed by atoms with Crippen LogP contribution in [0.15, 0.2) is 16.9 Å². The second-order valence-electron chi connectivity index (χ2n) is 2.02. The van der Waals surface area contributed by atoms with Gasteiger partial charge in [-0.25, -0.2) is 4.98 Å². The van der Waals surface area contributed by atoms with Gasteiger partial charge in [0.1, 0.15) is 4.60 Å². The standard InChI is InChI=1S/C7H4Br2ClNO/c8-3-5(12)6-4(10)1-2-11-7(6)9/h1-2H,3H2. The average molecular weight is 313 g/mol. The molecule has 64 valence electrons. The van der Waals surface area contributed by atoms with Crippen molar-refractivity contribution in [1.29, 1.82) is 0 Å². The maximum atomic E-state index is 11.3. The van der Waals surface area contributed by atoms with Crippen molar-refractivity contribution in [1.82, 2.24) is 4.98 Å². The van der Waals surface area contributed by atoms with Crippen molar-refractivity contribution >= 4 is 49.2 Å². The SMILES string of the molecule is O=C(CBr)c1c(Cl)ccnc1Br. The summed E-state index contributed by atoms with van der Waals surface area (Å²) in [5.41, 5.74) is 0.427. The monoisotopic (exact) mass is 311 g/mol. The zero-order valence-corrected chi connectivity index (χ0v) is 9.78. The number of carbonyl (C=O) groups excluding carboxylic acids is 1. The molecule has 0 aromatic carbocycles. The Morgan fingerprint density at radius 1 is 1.67 bits per heavy atom. The Balaban J connectivity index is 3.21. The second-order valence-corrected chi connectivity index (χ2v) is 3.73. The molecule has 0 bridgehead atoms. The summed E-state index contributed by atoms with van der Waals surface area (Å²) in [6, 6.07) is 1.59. The van der Waals surface area contributed by atoms with E-state index in [0.717, 1.165) is 0 Å². The van der Waals surface area contributed by atoms with Crippen LogP contribution in [-0.2, 0) is 0 Å². The highest BCUT2D eigenvalue weighted by atomic mass is 79.9. The van der Waals surface area contributed by atoms with Crippen molar-refractivity contribution < 1.29 is 4.79 Å². The molecule has 0 fully saturated rings. The lowest BCUT2D eigenvalue weighted by atomic mass is 10.2. The van der Waals surface area contributed by atoms with E-state index >= 15 is 0 Å². The van der Waals surface area contributed by atoms with Crippen LogP contribution in [0.3, 0.4) is 0 Å². The van der Waals surface area contributed by atoms with E-state index in [-0.39, 0.29) is 11.1 Å². The van der Waals surface area contributed by atoms with E-state index in [9.17, 15) is 4.79 Å². The van der Waals surface area contributed by atoms with Crippen molar-refractivity contribution in [3.63, 3.8) is 0 Å². The summed E-state index contributed by atoms with van der Waals surface area (Å²) >= 11 is 12.0. The smallest absolute Gasteiger partial charge is 0.177 e. The number of halogens is 3.